The second kappa shape index (κ2) is 9.67. The molecule has 0 saturated carbocycles. The summed E-state index contributed by atoms with van der Waals surface area (Å²) in [6, 6.07) is 3.29. The number of rotatable bonds is 4. The van der Waals surface area contributed by atoms with Crippen molar-refractivity contribution in [3.05, 3.63) is 35.1 Å². The zero-order valence-corrected chi connectivity index (χ0v) is 14.5. The second-order valence-corrected chi connectivity index (χ2v) is 5.30. The molecule has 134 valence electrons. The molecule has 1 aromatic carbocycles. The van der Waals surface area contributed by atoms with Crippen molar-refractivity contribution in [3.8, 4) is 0 Å². The van der Waals surface area contributed by atoms with E-state index in [0.29, 0.717) is 6.42 Å². The molecular weight excluding hydrogens is 355 g/mol. The Hall–Kier alpha value is -0.560. The number of hydrogen-bond acceptors (Lipinski definition) is 2. The lowest BCUT2D eigenvalue weighted by Gasteiger charge is -2.35. The van der Waals surface area contributed by atoms with Crippen LogP contribution < -0.4 is 5.32 Å². The highest BCUT2D eigenvalue weighted by Crippen LogP contribution is 2.36. The summed E-state index contributed by atoms with van der Waals surface area (Å²) in [5.41, 5.74) is -1.01. The van der Waals surface area contributed by atoms with Crippen LogP contribution in [0.5, 0.6) is 0 Å². The molecule has 1 aromatic rings. The molecule has 0 unspecified atom stereocenters. The number of piperazine rings is 1. The third kappa shape index (κ3) is 5.48. The molecule has 0 bridgehead atoms. The van der Waals surface area contributed by atoms with E-state index in [1.165, 1.54) is 12.1 Å². The maximum Gasteiger partial charge on any atom is 0.419 e. The largest absolute Gasteiger partial charge is 0.419 e. The average Bonchev–Trinajstić information content (AvgIpc) is 2.45. The van der Waals surface area contributed by atoms with E-state index in [0.717, 1.165) is 38.7 Å². The summed E-state index contributed by atoms with van der Waals surface area (Å²) in [4.78, 5) is 2.07. The first-order valence-corrected chi connectivity index (χ1v) is 7.25. The van der Waals surface area contributed by atoms with Crippen molar-refractivity contribution < 1.29 is 17.6 Å². The van der Waals surface area contributed by atoms with E-state index >= 15 is 0 Å². The van der Waals surface area contributed by atoms with Gasteiger partial charge in [0.2, 0.25) is 0 Å². The minimum absolute atomic E-state index is 0. The first-order chi connectivity index (χ1) is 9.95. The normalized spacial score (nSPS) is 17.1. The molecule has 23 heavy (non-hydrogen) atoms. The summed E-state index contributed by atoms with van der Waals surface area (Å²) < 4.78 is 52.9. The lowest BCUT2D eigenvalue weighted by Crippen LogP contribution is -2.45. The summed E-state index contributed by atoms with van der Waals surface area (Å²) in [6.07, 6.45) is -3.21. The van der Waals surface area contributed by atoms with E-state index in [9.17, 15) is 17.6 Å². The van der Waals surface area contributed by atoms with Crippen LogP contribution in [0.15, 0.2) is 18.2 Å². The van der Waals surface area contributed by atoms with Crippen LogP contribution in [0.25, 0.3) is 0 Å². The maximum absolute atomic E-state index is 14.3. The first kappa shape index (κ1) is 22.4. The summed E-state index contributed by atoms with van der Waals surface area (Å²) >= 11 is 0. The number of nitrogens with zero attached hydrogens (tertiary/aromatic N) is 1. The van der Waals surface area contributed by atoms with Crippen molar-refractivity contribution in [2.24, 2.45) is 0 Å². The smallest absolute Gasteiger partial charge is 0.314 e. The maximum atomic E-state index is 14.3. The number of hydrogen-bond donors (Lipinski definition) is 1. The molecule has 1 heterocycles. The first-order valence-electron chi connectivity index (χ1n) is 7.25. The molecule has 1 aliphatic heterocycles. The topological polar surface area (TPSA) is 15.3 Å². The zero-order valence-electron chi connectivity index (χ0n) is 12.8. The molecule has 2 nitrogen and oxygen atoms in total. The molecule has 2 rings (SSSR count). The molecule has 8 heteroatoms. The Morgan fingerprint density at radius 2 is 1.78 bits per heavy atom. The predicted molar refractivity (Wildman–Crippen MR) is 88.0 cm³/mol. The molecule has 0 radical (unpaired) electrons. The van der Waals surface area contributed by atoms with Gasteiger partial charge in [-0.3, -0.25) is 4.90 Å². The number of benzene rings is 1. The third-order valence-electron chi connectivity index (χ3n) is 3.85. The van der Waals surface area contributed by atoms with Crippen molar-refractivity contribution in [2.45, 2.75) is 32.0 Å². The monoisotopic (exact) mass is 376 g/mol. The standard InChI is InChI=1S/C15H20F4N2.2ClH/c1-2-4-13(21-9-7-20-8-10-21)11-5-3-6-12(14(11)16)15(17,18)19;;/h3,5-6,13,20H,2,4,7-10H2,1H3;2*1H/t13-;;/m1../s1. The van der Waals surface area contributed by atoms with Gasteiger partial charge in [0, 0.05) is 37.8 Å². The van der Waals surface area contributed by atoms with Gasteiger partial charge in [-0.05, 0) is 12.5 Å². The van der Waals surface area contributed by atoms with Crippen LogP contribution in [0.3, 0.4) is 0 Å². The molecule has 0 aromatic heterocycles. The van der Waals surface area contributed by atoms with Crippen LogP contribution in [0.4, 0.5) is 17.6 Å². The Balaban J connectivity index is 0.00000242. The van der Waals surface area contributed by atoms with Gasteiger partial charge in [0.15, 0.2) is 0 Å². The van der Waals surface area contributed by atoms with Crippen LogP contribution in [-0.2, 0) is 6.18 Å². The average molecular weight is 377 g/mol. The van der Waals surface area contributed by atoms with Gasteiger partial charge < -0.3 is 5.32 Å². The van der Waals surface area contributed by atoms with Gasteiger partial charge in [-0.2, -0.15) is 13.2 Å². The summed E-state index contributed by atoms with van der Waals surface area (Å²) in [6.45, 7) is 4.96. The minimum Gasteiger partial charge on any atom is -0.314 e. The highest BCUT2D eigenvalue weighted by Gasteiger charge is 2.36. The number of nitrogens with one attached hydrogen (secondary N) is 1. The van der Waals surface area contributed by atoms with E-state index in [1.54, 1.807) is 0 Å². The van der Waals surface area contributed by atoms with Gasteiger partial charge in [0.25, 0.3) is 0 Å². The second-order valence-electron chi connectivity index (χ2n) is 5.30. The van der Waals surface area contributed by atoms with Crippen LogP contribution in [-0.4, -0.2) is 31.1 Å². The van der Waals surface area contributed by atoms with Crippen LogP contribution in [0.2, 0.25) is 0 Å². The lowest BCUT2D eigenvalue weighted by atomic mass is 9.97. The van der Waals surface area contributed by atoms with Crippen molar-refractivity contribution >= 4 is 24.8 Å². The highest BCUT2D eigenvalue weighted by molar-refractivity contribution is 5.85. The van der Waals surface area contributed by atoms with Gasteiger partial charge in [-0.15, -0.1) is 24.8 Å². The molecule has 0 amide bonds. The molecular formula is C15H22Cl2F4N2. The van der Waals surface area contributed by atoms with Gasteiger partial charge >= 0.3 is 6.18 Å². The van der Waals surface area contributed by atoms with Gasteiger partial charge in [-0.25, -0.2) is 4.39 Å². The fourth-order valence-corrected chi connectivity index (χ4v) is 2.83. The van der Waals surface area contributed by atoms with Gasteiger partial charge in [-0.1, -0.05) is 25.5 Å². The molecule has 0 spiro atoms. The van der Waals surface area contributed by atoms with E-state index in [2.05, 4.69) is 10.2 Å². The summed E-state index contributed by atoms with van der Waals surface area (Å²) in [5.74, 6) is -1.12. The molecule has 1 saturated heterocycles. The molecule has 1 N–H and O–H groups in total. The van der Waals surface area contributed by atoms with E-state index in [-0.39, 0.29) is 36.4 Å². The minimum atomic E-state index is -4.65. The molecule has 1 fully saturated rings. The zero-order chi connectivity index (χ0) is 15.5. The van der Waals surface area contributed by atoms with Crippen molar-refractivity contribution in [2.75, 3.05) is 26.2 Å². The molecule has 0 aliphatic carbocycles. The fraction of sp³-hybridized carbons (Fsp3) is 0.600. The molecule has 1 aliphatic rings. The quantitative estimate of drug-likeness (QED) is 0.781. The fourth-order valence-electron chi connectivity index (χ4n) is 2.83. The summed E-state index contributed by atoms with van der Waals surface area (Å²) in [7, 11) is 0. The Morgan fingerprint density at radius 3 is 2.30 bits per heavy atom. The summed E-state index contributed by atoms with van der Waals surface area (Å²) in [5, 5.41) is 3.20. The molecule has 1 atom stereocenters. The Kier molecular flexibility index (Phi) is 9.43. The van der Waals surface area contributed by atoms with E-state index < -0.39 is 17.6 Å². The highest BCUT2D eigenvalue weighted by atomic mass is 35.5. The SMILES string of the molecule is CCC[C@H](c1cccc(C(F)(F)F)c1F)N1CCNCC1.Cl.Cl. The predicted octanol–water partition coefficient (Wildman–Crippen LogP) is 4.43. The Labute approximate surface area is 146 Å². The number of halogens is 6. The van der Waals surface area contributed by atoms with Crippen LogP contribution in [0.1, 0.15) is 36.9 Å². The van der Waals surface area contributed by atoms with Crippen molar-refractivity contribution in [3.63, 3.8) is 0 Å². The lowest BCUT2D eigenvalue weighted by molar-refractivity contribution is -0.140. The van der Waals surface area contributed by atoms with Crippen LogP contribution in [0, 0.1) is 5.82 Å². The van der Waals surface area contributed by atoms with Gasteiger partial charge in [0.1, 0.15) is 5.82 Å². The van der Waals surface area contributed by atoms with E-state index in [4.69, 9.17) is 0 Å². The number of alkyl halides is 3. The van der Waals surface area contributed by atoms with Crippen LogP contribution >= 0.6 is 24.8 Å². The third-order valence-corrected chi connectivity index (χ3v) is 3.85. The van der Waals surface area contributed by atoms with E-state index in [1.807, 2.05) is 6.92 Å². The van der Waals surface area contributed by atoms with Gasteiger partial charge in [0.05, 0.1) is 5.56 Å². The van der Waals surface area contributed by atoms with Crippen molar-refractivity contribution in [1.29, 1.82) is 0 Å². The van der Waals surface area contributed by atoms with Crippen molar-refractivity contribution in [1.82, 2.24) is 10.2 Å². The Morgan fingerprint density at radius 1 is 1.17 bits per heavy atom. The Bertz CT molecular complexity index is 477.